The molecule has 0 radical (unpaired) electrons. The van der Waals surface area contributed by atoms with Gasteiger partial charge in [-0.3, -0.25) is 0 Å². The number of hydrogen-bond acceptors (Lipinski definition) is 5. The van der Waals surface area contributed by atoms with Crippen molar-refractivity contribution in [3.05, 3.63) is 16.1 Å². The number of aromatic nitrogens is 1. The summed E-state index contributed by atoms with van der Waals surface area (Å²) in [6.45, 7) is 1.48. The van der Waals surface area contributed by atoms with Gasteiger partial charge in [0.05, 0.1) is 11.6 Å². The van der Waals surface area contributed by atoms with Crippen molar-refractivity contribution in [2.75, 3.05) is 32.7 Å². The van der Waals surface area contributed by atoms with Gasteiger partial charge >= 0.3 is 0 Å². The Balaban J connectivity index is 2.58. The summed E-state index contributed by atoms with van der Waals surface area (Å²) >= 11 is 11.8. The molecule has 0 aliphatic heterocycles. The molecule has 0 saturated heterocycles. The zero-order valence-electron chi connectivity index (χ0n) is 9.83. The Bertz CT molecular complexity index is 374. The molecule has 0 bridgehead atoms. The lowest BCUT2D eigenvalue weighted by Gasteiger charge is -2.12. The van der Waals surface area contributed by atoms with Crippen molar-refractivity contribution in [3.63, 3.8) is 0 Å². The third-order valence-corrected chi connectivity index (χ3v) is 2.58. The minimum atomic E-state index is 0.336. The molecule has 0 fully saturated rings. The number of hydrazine groups is 1. The number of pyridine rings is 1. The van der Waals surface area contributed by atoms with E-state index < -0.39 is 0 Å². The van der Waals surface area contributed by atoms with Crippen LogP contribution in [0.5, 0.6) is 5.88 Å². The Hall–Kier alpha value is -0.750. The van der Waals surface area contributed by atoms with Gasteiger partial charge < -0.3 is 15.1 Å². The first-order valence-corrected chi connectivity index (χ1v) is 5.90. The first-order chi connectivity index (χ1) is 8.04. The predicted octanol–water partition coefficient (Wildman–Crippen LogP) is 2.00. The third kappa shape index (κ3) is 4.55. The standard InChI is InChI=1S/C10H16Cl2N4O/c1-16(2)4-3-5-17-10-8(12)6-7(11)9(14-10)15-13/h6H,3-5,13H2,1-2H3,(H,14,15). The number of nitrogens with two attached hydrogens (primary N) is 1. The Morgan fingerprint density at radius 3 is 2.71 bits per heavy atom. The van der Waals surface area contributed by atoms with Gasteiger partial charge in [0.1, 0.15) is 5.02 Å². The molecule has 3 N–H and O–H groups in total. The lowest BCUT2D eigenvalue weighted by molar-refractivity contribution is 0.273. The van der Waals surface area contributed by atoms with Gasteiger partial charge in [-0.15, -0.1) is 0 Å². The van der Waals surface area contributed by atoms with Crippen molar-refractivity contribution < 1.29 is 4.74 Å². The van der Waals surface area contributed by atoms with Crippen LogP contribution in [-0.4, -0.2) is 37.1 Å². The van der Waals surface area contributed by atoms with Gasteiger partial charge in [-0.05, 0) is 26.6 Å². The second-order valence-corrected chi connectivity index (χ2v) is 4.57. The van der Waals surface area contributed by atoms with Crippen molar-refractivity contribution in [2.45, 2.75) is 6.42 Å². The number of nitrogens with one attached hydrogen (secondary N) is 1. The molecule has 1 heterocycles. The van der Waals surface area contributed by atoms with E-state index in [1.54, 1.807) is 6.07 Å². The summed E-state index contributed by atoms with van der Waals surface area (Å²) in [4.78, 5) is 6.15. The molecular formula is C10H16Cl2N4O. The monoisotopic (exact) mass is 278 g/mol. The predicted molar refractivity (Wildman–Crippen MR) is 70.7 cm³/mol. The van der Waals surface area contributed by atoms with Crippen LogP contribution in [0.4, 0.5) is 5.82 Å². The highest BCUT2D eigenvalue weighted by Gasteiger charge is 2.09. The van der Waals surface area contributed by atoms with Gasteiger partial charge in [0.2, 0.25) is 5.88 Å². The first kappa shape index (κ1) is 14.3. The molecule has 96 valence electrons. The number of nitrogen functional groups attached to an aromatic ring is 1. The molecular weight excluding hydrogens is 263 g/mol. The smallest absolute Gasteiger partial charge is 0.234 e. The quantitative estimate of drug-likeness (QED) is 0.474. The number of hydrogen-bond donors (Lipinski definition) is 2. The van der Waals surface area contributed by atoms with Crippen molar-refractivity contribution >= 4 is 29.0 Å². The van der Waals surface area contributed by atoms with Crippen molar-refractivity contribution in [3.8, 4) is 5.88 Å². The SMILES string of the molecule is CN(C)CCCOc1nc(NN)c(Cl)cc1Cl. The van der Waals surface area contributed by atoms with E-state index in [1.165, 1.54) is 0 Å². The molecule has 0 aliphatic rings. The normalized spacial score (nSPS) is 10.7. The maximum absolute atomic E-state index is 5.95. The van der Waals surface area contributed by atoms with Crippen LogP contribution >= 0.6 is 23.2 Å². The van der Waals surface area contributed by atoms with Gasteiger partial charge in [0.25, 0.3) is 0 Å². The maximum atomic E-state index is 5.95. The lowest BCUT2D eigenvalue weighted by Crippen LogP contribution is -2.16. The largest absolute Gasteiger partial charge is 0.477 e. The molecule has 0 aliphatic carbocycles. The molecule has 17 heavy (non-hydrogen) atoms. The topological polar surface area (TPSA) is 63.4 Å². The van der Waals surface area contributed by atoms with Crippen molar-refractivity contribution in [2.24, 2.45) is 5.84 Å². The van der Waals surface area contributed by atoms with Crippen molar-refractivity contribution in [1.29, 1.82) is 0 Å². The lowest BCUT2D eigenvalue weighted by atomic mass is 10.4. The Morgan fingerprint density at radius 1 is 1.41 bits per heavy atom. The number of nitrogens with zero attached hydrogens (tertiary/aromatic N) is 2. The fourth-order valence-electron chi connectivity index (χ4n) is 1.20. The fourth-order valence-corrected chi connectivity index (χ4v) is 1.67. The van der Waals surface area contributed by atoms with E-state index in [4.69, 9.17) is 33.8 Å². The van der Waals surface area contributed by atoms with Crippen LogP contribution in [0.15, 0.2) is 6.07 Å². The van der Waals surface area contributed by atoms with E-state index in [1.807, 2.05) is 14.1 Å². The average Bonchev–Trinajstić information content (AvgIpc) is 2.26. The van der Waals surface area contributed by atoms with Crippen LogP contribution in [-0.2, 0) is 0 Å². The zero-order valence-corrected chi connectivity index (χ0v) is 11.3. The molecule has 0 spiro atoms. The van der Waals surface area contributed by atoms with Gasteiger partial charge in [-0.25, -0.2) is 5.84 Å². The number of rotatable bonds is 6. The van der Waals surface area contributed by atoms with E-state index in [2.05, 4.69) is 15.3 Å². The van der Waals surface area contributed by atoms with Crippen LogP contribution < -0.4 is 16.0 Å². The molecule has 0 unspecified atom stereocenters. The molecule has 1 aromatic rings. The third-order valence-electron chi connectivity index (χ3n) is 2.02. The molecule has 0 aromatic carbocycles. The van der Waals surface area contributed by atoms with Crippen LogP contribution in [0, 0.1) is 0 Å². The zero-order chi connectivity index (χ0) is 12.8. The highest BCUT2D eigenvalue weighted by molar-refractivity contribution is 6.36. The molecule has 0 saturated carbocycles. The van der Waals surface area contributed by atoms with E-state index >= 15 is 0 Å². The summed E-state index contributed by atoms with van der Waals surface area (Å²) in [6, 6.07) is 1.55. The van der Waals surface area contributed by atoms with Crippen LogP contribution in [0.2, 0.25) is 10.0 Å². The van der Waals surface area contributed by atoms with Gasteiger partial charge in [0, 0.05) is 6.54 Å². The van der Waals surface area contributed by atoms with E-state index in [0.717, 1.165) is 13.0 Å². The summed E-state index contributed by atoms with van der Waals surface area (Å²) < 4.78 is 5.46. The Labute approximate surface area is 111 Å². The summed E-state index contributed by atoms with van der Waals surface area (Å²) in [6.07, 6.45) is 0.888. The number of ether oxygens (including phenoxy) is 1. The summed E-state index contributed by atoms with van der Waals surface area (Å²) in [7, 11) is 4.01. The summed E-state index contributed by atoms with van der Waals surface area (Å²) in [5, 5.41) is 0.733. The number of anilines is 1. The van der Waals surface area contributed by atoms with Crippen LogP contribution in [0.3, 0.4) is 0 Å². The second kappa shape index (κ2) is 6.86. The minimum Gasteiger partial charge on any atom is -0.477 e. The molecule has 0 atom stereocenters. The first-order valence-electron chi connectivity index (χ1n) is 5.14. The molecule has 7 heteroatoms. The maximum Gasteiger partial charge on any atom is 0.234 e. The second-order valence-electron chi connectivity index (χ2n) is 3.76. The van der Waals surface area contributed by atoms with Crippen molar-refractivity contribution in [1.82, 2.24) is 9.88 Å². The molecule has 1 aromatic heterocycles. The van der Waals surface area contributed by atoms with Crippen LogP contribution in [0.25, 0.3) is 0 Å². The fraction of sp³-hybridized carbons (Fsp3) is 0.500. The molecule has 1 rings (SSSR count). The highest BCUT2D eigenvalue weighted by atomic mass is 35.5. The van der Waals surface area contributed by atoms with E-state index in [0.29, 0.717) is 28.3 Å². The molecule has 5 nitrogen and oxygen atoms in total. The Kier molecular flexibility index (Phi) is 5.77. The summed E-state index contributed by atoms with van der Waals surface area (Å²) in [5.41, 5.74) is 2.38. The van der Waals surface area contributed by atoms with Gasteiger partial charge in [-0.2, -0.15) is 4.98 Å². The Morgan fingerprint density at radius 2 is 2.12 bits per heavy atom. The van der Waals surface area contributed by atoms with E-state index in [-0.39, 0.29) is 0 Å². The van der Waals surface area contributed by atoms with Gasteiger partial charge in [-0.1, -0.05) is 23.2 Å². The molecule has 0 amide bonds. The van der Waals surface area contributed by atoms with E-state index in [9.17, 15) is 0 Å². The highest BCUT2D eigenvalue weighted by Crippen LogP contribution is 2.30. The minimum absolute atomic E-state index is 0.336. The van der Waals surface area contributed by atoms with Crippen LogP contribution in [0.1, 0.15) is 6.42 Å². The van der Waals surface area contributed by atoms with Gasteiger partial charge in [0.15, 0.2) is 5.82 Å². The summed E-state index contributed by atoms with van der Waals surface area (Å²) in [5.74, 6) is 5.94. The number of halogens is 2. The average molecular weight is 279 g/mol.